The Hall–Kier alpha value is -1.35. The molecular weight excluding hydrogens is 224 g/mol. The molecule has 1 saturated carbocycles. The number of rotatable bonds is 6. The molecule has 0 bridgehead atoms. The number of hydrogen-bond donors (Lipinski definition) is 2. The van der Waals surface area contributed by atoms with Crippen LogP contribution in [-0.2, 0) is 4.79 Å². The molecule has 2 rings (SSSR count). The van der Waals surface area contributed by atoms with Gasteiger partial charge in [0, 0.05) is 6.04 Å². The van der Waals surface area contributed by atoms with Crippen molar-refractivity contribution >= 4 is 5.91 Å². The first-order valence-electron chi connectivity index (χ1n) is 6.74. The summed E-state index contributed by atoms with van der Waals surface area (Å²) in [5.41, 5.74) is 1.22. The Labute approximate surface area is 109 Å². The second-order valence-electron chi connectivity index (χ2n) is 5.33. The van der Waals surface area contributed by atoms with Crippen molar-refractivity contribution in [1.82, 2.24) is 10.6 Å². The predicted octanol–water partition coefficient (Wildman–Crippen LogP) is 2.25. The molecule has 1 amide bonds. The molecule has 1 aromatic carbocycles. The van der Waals surface area contributed by atoms with Gasteiger partial charge in [-0.05, 0) is 24.3 Å². The van der Waals surface area contributed by atoms with Gasteiger partial charge in [0.2, 0.25) is 5.91 Å². The lowest BCUT2D eigenvalue weighted by Gasteiger charge is -2.19. The first kappa shape index (κ1) is 13.1. The van der Waals surface area contributed by atoms with Crippen LogP contribution in [-0.4, -0.2) is 18.5 Å². The molecule has 0 aliphatic heterocycles. The summed E-state index contributed by atoms with van der Waals surface area (Å²) in [7, 11) is 0. The van der Waals surface area contributed by atoms with Gasteiger partial charge in [-0.15, -0.1) is 0 Å². The van der Waals surface area contributed by atoms with Crippen molar-refractivity contribution in [1.29, 1.82) is 0 Å². The van der Waals surface area contributed by atoms with E-state index in [9.17, 15) is 4.79 Å². The normalized spacial score (nSPS) is 16.6. The van der Waals surface area contributed by atoms with Gasteiger partial charge in [0.1, 0.15) is 0 Å². The highest BCUT2D eigenvalue weighted by Gasteiger charge is 2.33. The van der Waals surface area contributed by atoms with Crippen LogP contribution in [0.4, 0.5) is 0 Å². The van der Waals surface area contributed by atoms with Crippen LogP contribution in [0.15, 0.2) is 30.3 Å². The monoisotopic (exact) mass is 246 g/mol. The van der Waals surface area contributed by atoms with Crippen molar-refractivity contribution in [3.63, 3.8) is 0 Å². The van der Waals surface area contributed by atoms with Gasteiger partial charge in [-0.1, -0.05) is 44.2 Å². The molecule has 0 heterocycles. The molecule has 1 aliphatic rings. The van der Waals surface area contributed by atoms with Crippen LogP contribution in [0, 0.1) is 5.92 Å². The number of nitrogens with one attached hydrogen (secondary N) is 2. The molecule has 0 radical (unpaired) electrons. The zero-order valence-corrected chi connectivity index (χ0v) is 11.1. The van der Waals surface area contributed by atoms with Gasteiger partial charge in [-0.3, -0.25) is 4.79 Å². The SMILES string of the molecule is CC(C)NCC(=O)NC(c1ccccc1)C1CC1. The van der Waals surface area contributed by atoms with E-state index >= 15 is 0 Å². The first-order valence-corrected chi connectivity index (χ1v) is 6.74. The third-order valence-corrected chi connectivity index (χ3v) is 3.24. The second-order valence-corrected chi connectivity index (χ2v) is 5.33. The number of amides is 1. The zero-order chi connectivity index (χ0) is 13.0. The Morgan fingerprint density at radius 2 is 1.94 bits per heavy atom. The Kier molecular flexibility index (Phi) is 4.37. The van der Waals surface area contributed by atoms with Gasteiger partial charge in [0.25, 0.3) is 0 Å². The number of hydrogen-bond acceptors (Lipinski definition) is 2. The molecule has 1 aromatic rings. The fourth-order valence-corrected chi connectivity index (χ4v) is 2.08. The number of carbonyl (C=O) groups is 1. The van der Waals surface area contributed by atoms with Gasteiger partial charge >= 0.3 is 0 Å². The Bertz CT molecular complexity index is 385. The summed E-state index contributed by atoms with van der Waals surface area (Å²) in [5.74, 6) is 0.708. The molecule has 0 aromatic heterocycles. The predicted molar refractivity (Wildman–Crippen MR) is 73.2 cm³/mol. The summed E-state index contributed by atoms with van der Waals surface area (Å²) in [4.78, 5) is 11.9. The summed E-state index contributed by atoms with van der Waals surface area (Å²) >= 11 is 0. The van der Waals surface area contributed by atoms with Crippen LogP contribution >= 0.6 is 0 Å². The van der Waals surface area contributed by atoms with Gasteiger partial charge < -0.3 is 10.6 Å². The van der Waals surface area contributed by atoms with Crippen LogP contribution in [0.25, 0.3) is 0 Å². The summed E-state index contributed by atoms with van der Waals surface area (Å²) in [6, 6.07) is 10.8. The molecule has 1 atom stereocenters. The molecule has 1 unspecified atom stereocenters. The lowest BCUT2D eigenvalue weighted by molar-refractivity contribution is -0.121. The standard InChI is InChI=1S/C15H22N2O/c1-11(2)16-10-14(18)17-15(13-8-9-13)12-6-4-3-5-7-12/h3-7,11,13,15-16H,8-10H2,1-2H3,(H,17,18). The fraction of sp³-hybridized carbons (Fsp3) is 0.533. The van der Waals surface area contributed by atoms with Gasteiger partial charge in [-0.2, -0.15) is 0 Å². The highest BCUT2D eigenvalue weighted by atomic mass is 16.2. The molecule has 1 fully saturated rings. The fourth-order valence-electron chi connectivity index (χ4n) is 2.08. The third-order valence-electron chi connectivity index (χ3n) is 3.24. The minimum atomic E-state index is 0.0875. The molecule has 98 valence electrons. The van der Waals surface area contributed by atoms with Crippen LogP contribution in [0.5, 0.6) is 0 Å². The van der Waals surface area contributed by atoms with Gasteiger partial charge in [-0.25, -0.2) is 0 Å². The van der Waals surface area contributed by atoms with Crippen molar-refractivity contribution in [2.75, 3.05) is 6.54 Å². The third kappa shape index (κ3) is 3.84. The average molecular weight is 246 g/mol. The van der Waals surface area contributed by atoms with E-state index < -0.39 is 0 Å². The maximum atomic E-state index is 11.9. The molecule has 18 heavy (non-hydrogen) atoms. The van der Waals surface area contributed by atoms with Crippen molar-refractivity contribution in [3.8, 4) is 0 Å². The van der Waals surface area contributed by atoms with E-state index in [2.05, 4.69) is 22.8 Å². The topological polar surface area (TPSA) is 41.1 Å². The summed E-state index contributed by atoms with van der Waals surface area (Å²) in [5, 5.41) is 6.30. The molecule has 2 N–H and O–H groups in total. The van der Waals surface area contributed by atoms with Crippen molar-refractivity contribution in [2.24, 2.45) is 5.92 Å². The molecule has 1 aliphatic carbocycles. The second kappa shape index (κ2) is 6.01. The number of carbonyl (C=O) groups excluding carboxylic acids is 1. The van der Waals surface area contributed by atoms with E-state index in [0.717, 1.165) is 0 Å². The largest absolute Gasteiger partial charge is 0.348 e. The Morgan fingerprint density at radius 1 is 1.28 bits per heavy atom. The van der Waals surface area contributed by atoms with Crippen molar-refractivity contribution < 1.29 is 4.79 Å². The van der Waals surface area contributed by atoms with Crippen molar-refractivity contribution in [3.05, 3.63) is 35.9 Å². The highest BCUT2D eigenvalue weighted by Crippen LogP contribution is 2.40. The van der Waals surface area contributed by atoms with E-state index in [0.29, 0.717) is 18.5 Å². The van der Waals surface area contributed by atoms with E-state index in [1.807, 2.05) is 32.0 Å². The quantitative estimate of drug-likeness (QED) is 0.808. The highest BCUT2D eigenvalue weighted by molar-refractivity contribution is 5.78. The summed E-state index contributed by atoms with van der Waals surface area (Å²) < 4.78 is 0. The zero-order valence-electron chi connectivity index (χ0n) is 11.1. The summed E-state index contributed by atoms with van der Waals surface area (Å²) in [6.45, 7) is 4.49. The van der Waals surface area contributed by atoms with Gasteiger partial charge in [0.05, 0.1) is 12.6 Å². The molecular formula is C15H22N2O. The van der Waals surface area contributed by atoms with Crippen LogP contribution in [0.1, 0.15) is 38.3 Å². The van der Waals surface area contributed by atoms with Crippen LogP contribution in [0.2, 0.25) is 0 Å². The maximum Gasteiger partial charge on any atom is 0.234 e. The van der Waals surface area contributed by atoms with E-state index in [4.69, 9.17) is 0 Å². The molecule has 0 saturated heterocycles. The average Bonchev–Trinajstić information content (AvgIpc) is 3.19. The minimum Gasteiger partial charge on any atom is -0.348 e. The lowest BCUT2D eigenvalue weighted by atomic mass is 10.0. The van der Waals surface area contributed by atoms with Crippen LogP contribution in [0.3, 0.4) is 0 Å². The van der Waals surface area contributed by atoms with Gasteiger partial charge in [0.15, 0.2) is 0 Å². The molecule has 3 nitrogen and oxygen atoms in total. The lowest BCUT2D eigenvalue weighted by Crippen LogP contribution is -2.39. The number of benzene rings is 1. The van der Waals surface area contributed by atoms with E-state index in [-0.39, 0.29) is 11.9 Å². The Morgan fingerprint density at radius 3 is 2.50 bits per heavy atom. The van der Waals surface area contributed by atoms with E-state index in [1.54, 1.807) is 0 Å². The van der Waals surface area contributed by atoms with Crippen molar-refractivity contribution in [2.45, 2.75) is 38.8 Å². The van der Waals surface area contributed by atoms with Crippen LogP contribution < -0.4 is 10.6 Å². The molecule has 0 spiro atoms. The smallest absolute Gasteiger partial charge is 0.234 e. The summed E-state index contributed by atoms with van der Waals surface area (Å²) in [6.07, 6.45) is 2.44. The molecule has 3 heteroatoms. The Balaban J connectivity index is 1.93. The maximum absolute atomic E-state index is 11.9. The minimum absolute atomic E-state index is 0.0875. The van der Waals surface area contributed by atoms with E-state index in [1.165, 1.54) is 18.4 Å². The first-order chi connectivity index (χ1) is 8.66.